The number of aldehydes is 1. The van der Waals surface area contributed by atoms with Gasteiger partial charge >= 0.3 is 0 Å². The molecule has 0 atom stereocenters. The predicted molar refractivity (Wildman–Crippen MR) is 59.6 cm³/mol. The summed E-state index contributed by atoms with van der Waals surface area (Å²) < 4.78 is 49.4. The van der Waals surface area contributed by atoms with E-state index in [1.165, 1.54) is 0 Å². The average molecular weight is 288 g/mol. The largest absolute Gasteiger partial charge is 0.391 e. The van der Waals surface area contributed by atoms with Crippen molar-refractivity contribution in [2.45, 2.75) is 6.61 Å². The smallest absolute Gasteiger partial charge is 0.156 e. The summed E-state index contributed by atoms with van der Waals surface area (Å²) in [6.07, 6.45) is 3.40. The van der Waals surface area contributed by atoms with E-state index in [0.29, 0.717) is 0 Å². The first-order chi connectivity index (χ1) is 9.51. The van der Waals surface area contributed by atoms with Crippen LogP contribution in [0.1, 0.15) is 15.9 Å². The molecular formula is C12H8F4N2O2. The zero-order valence-corrected chi connectivity index (χ0v) is 9.86. The first kappa shape index (κ1) is 15.7. The number of carbonyl (C=O) groups is 1. The highest BCUT2D eigenvalue weighted by Crippen LogP contribution is 2.08. The zero-order valence-electron chi connectivity index (χ0n) is 9.86. The zero-order chi connectivity index (χ0) is 15.1. The molecule has 20 heavy (non-hydrogen) atoms. The van der Waals surface area contributed by atoms with Gasteiger partial charge in [-0.15, -0.1) is 0 Å². The molecule has 4 nitrogen and oxygen atoms in total. The van der Waals surface area contributed by atoms with Gasteiger partial charge in [0.05, 0.1) is 42.5 Å². The van der Waals surface area contributed by atoms with Gasteiger partial charge in [-0.3, -0.25) is 14.8 Å². The number of hydrogen-bond acceptors (Lipinski definition) is 4. The van der Waals surface area contributed by atoms with E-state index in [4.69, 9.17) is 5.11 Å². The normalized spacial score (nSPS) is 9.65. The average Bonchev–Trinajstić information content (AvgIpc) is 2.40. The maximum absolute atomic E-state index is 12.4. The first-order valence-corrected chi connectivity index (χ1v) is 5.14. The Bertz CT molecular complexity index is 568. The molecular weight excluding hydrogens is 280 g/mol. The molecule has 0 amide bonds. The fourth-order valence-electron chi connectivity index (χ4n) is 1.12. The van der Waals surface area contributed by atoms with Crippen LogP contribution in [0.15, 0.2) is 24.8 Å². The molecule has 0 bridgehead atoms. The summed E-state index contributed by atoms with van der Waals surface area (Å²) >= 11 is 0. The second-order valence-electron chi connectivity index (χ2n) is 3.37. The van der Waals surface area contributed by atoms with Crippen molar-refractivity contribution in [2.75, 3.05) is 0 Å². The second-order valence-corrected chi connectivity index (χ2v) is 3.37. The van der Waals surface area contributed by atoms with Crippen molar-refractivity contribution in [3.8, 4) is 0 Å². The monoisotopic (exact) mass is 288 g/mol. The fourth-order valence-corrected chi connectivity index (χ4v) is 1.12. The summed E-state index contributed by atoms with van der Waals surface area (Å²) in [4.78, 5) is 16.4. The SMILES string of the molecule is O=Cc1c(F)cncc1F.OCc1c(F)cncc1F. The first-order valence-electron chi connectivity index (χ1n) is 5.14. The van der Waals surface area contributed by atoms with E-state index >= 15 is 0 Å². The fraction of sp³-hybridized carbons (Fsp3) is 0.0833. The Morgan fingerprint density at radius 3 is 1.55 bits per heavy atom. The predicted octanol–water partition coefficient (Wildman–Crippen LogP) is 2.02. The number of aliphatic hydroxyl groups excluding tert-OH is 1. The molecule has 0 radical (unpaired) electrons. The van der Waals surface area contributed by atoms with Gasteiger partial charge in [0.15, 0.2) is 17.9 Å². The van der Waals surface area contributed by atoms with Gasteiger partial charge < -0.3 is 5.11 Å². The van der Waals surface area contributed by atoms with Gasteiger partial charge in [-0.2, -0.15) is 0 Å². The van der Waals surface area contributed by atoms with Gasteiger partial charge in [0.1, 0.15) is 11.6 Å². The third-order valence-electron chi connectivity index (χ3n) is 2.12. The molecule has 2 rings (SSSR count). The topological polar surface area (TPSA) is 63.1 Å². The number of aromatic nitrogens is 2. The van der Waals surface area contributed by atoms with Crippen molar-refractivity contribution in [3.05, 3.63) is 59.2 Å². The van der Waals surface area contributed by atoms with Crippen LogP contribution in [-0.4, -0.2) is 21.4 Å². The van der Waals surface area contributed by atoms with Crippen molar-refractivity contribution in [1.29, 1.82) is 0 Å². The summed E-state index contributed by atoms with van der Waals surface area (Å²) in [5.41, 5.74) is -0.912. The van der Waals surface area contributed by atoms with Crippen LogP contribution in [0.2, 0.25) is 0 Å². The van der Waals surface area contributed by atoms with E-state index in [-0.39, 0.29) is 11.8 Å². The van der Waals surface area contributed by atoms with Crippen LogP contribution < -0.4 is 0 Å². The number of halogens is 4. The molecule has 0 aliphatic heterocycles. The molecule has 0 unspecified atom stereocenters. The van der Waals surface area contributed by atoms with Gasteiger partial charge in [0, 0.05) is 0 Å². The molecule has 0 aromatic carbocycles. The van der Waals surface area contributed by atoms with Gasteiger partial charge in [-0.1, -0.05) is 0 Å². The Morgan fingerprint density at radius 1 is 0.900 bits per heavy atom. The molecule has 0 aliphatic rings. The lowest BCUT2D eigenvalue weighted by Gasteiger charge is -1.97. The lowest BCUT2D eigenvalue weighted by molar-refractivity contribution is 0.111. The van der Waals surface area contributed by atoms with Gasteiger partial charge in [-0.25, -0.2) is 17.6 Å². The lowest BCUT2D eigenvalue weighted by atomic mass is 10.2. The number of carbonyl (C=O) groups excluding carboxylic acids is 1. The van der Waals surface area contributed by atoms with Crippen LogP contribution in [-0.2, 0) is 6.61 Å². The molecule has 2 heterocycles. The van der Waals surface area contributed by atoms with E-state index in [2.05, 4.69) is 9.97 Å². The maximum Gasteiger partial charge on any atom is 0.156 e. The Kier molecular flexibility index (Phi) is 5.73. The van der Waals surface area contributed by atoms with Crippen molar-refractivity contribution in [1.82, 2.24) is 9.97 Å². The number of hydrogen-bond donors (Lipinski definition) is 1. The van der Waals surface area contributed by atoms with E-state index in [9.17, 15) is 22.4 Å². The molecule has 2 aromatic heterocycles. The van der Waals surface area contributed by atoms with Crippen molar-refractivity contribution in [3.63, 3.8) is 0 Å². The van der Waals surface area contributed by atoms with Gasteiger partial charge in [0.25, 0.3) is 0 Å². The third kappa shape index (κ3) is 3.82. The summed E-state index contributed by atoms with van der Waals surface area (Å²) in [5.74, 6) is -3.50. The van der Waals surface area contributed by atoms with Crippen LogP contribution >= 0.6 is 0 Å². The summed E-state index contributed by atoms with van der Waals surface area (Å²) in [6.45, 7) is -0.639. The van der Waals surface area contributed by atoms with Gasteiger partial charge in [-0.05, 0) is 0 Å². The van der Waals surface area contributed by atoms with E-state index in [0.717, 1.165) is 24.8 Å². The van der Waals surface area contributed by atoms with E-state index < -0.39 is 35.4 Å². The Morgan fingerprint density at radius 2 is 1.30 bits per heavy atom. The van der Waals surface area contributed by atoms with Gasteiger partial charge in [0.2, 0.25) is 0 Å². The van der Waals surface area contributed by atoms with Crippen LogP contribution in [0.25, 0.3) is 0 Å². The third-order valence-corrected chi connectivity index (χ3v) is 2.12. The summed E-state index contributed by atoms with van der Waals surface area (Å²) in [7, 11) is 0. The Hall–Kier alpha value is -2.35. The minimum absolute atomic E-state index is 0.117. The minimum atomic E-state index is -0.935. The molecule has 2 aromatic rings. The molecule has 1 N–H and O–H groups in total. The molecule has 8 heteroatoms. The minimum Gasteiger partial charge on any atom is -0.391 e. The number of rotatable bonds is 2. The molecule has 106 valence electrons. The Labute approximate surface area is 110 Å². The maximum atomic E-state index is 12.4. The summed E-state index contributed by atoms with van der Waals surface area (Å²) in [5, 5.41) is 8.39. The van der Waals surface area contributed by atoms with Crippen molar-refractivity contribution >= 4 is 6.29 Å². The highest BCUT2D eigenvalue weighted by Gasteiger charge is 2.06. The highest BCUT2D eigenvalue weighted by molar-refractivity contribution is 5.75. The number of pyridine rings is 2. The van der Waals surface area contributed by atoms with Crippen LogP contribution in [0, 0.1) is 23.3 Å². The van der Waals surface area contributed by atoms with E-state index in [1.54, 1.807) is 0 Å². The highest BCUT2D eigenvalue weighted by atomic mass is 19.1. The van der Waals surface area contributed by atoms with Crippen LogP contribution in [0.4, 0.5) is 17.6 Å². The molecule has 0 fully saturated rings. The molecule has 0 aliphatic carbocycles. The Balaban J connectivity index is 0.000000200. The van der Waals surface area contributed by atoms with Crippen molar-refractivity contribution < 1.29 is 27.5 Å². The molecule has 0 saturated heterocycles. The lowest BCUT2D eigenvalue weighted by Crippen LogP contribution is -1.95. The quantitative estimate of drug-likeness (QED) is 0.678. The number of nitrogens with zero attached hydrogens (tertiary/aromatic N) is 2. The second kappa shape index (κ2) is 7.29. The van der Waals surface area contributed by atoms with Crippen molar-refractivity contribution in [2.24, 2.45) is 0 Å². The molecule has 0 saturated carbocycles. The van der Waals surface area contributed by atoms with E-state index in [1.807, 2.05) is 0 Å². The summed E-state index contributed by atoms with van der Waals surface area (Å²) in [6, 6.07) is 0. The van der Waals surface area contributed by atoms with Crippen LogP contribution in [0.5, 0.6) is 0 Å². The molecule has 0 spiro atoms. The van der Waals surface area contributed by atoms with Crippen LogP contribution in [0.3, 0.4) is 0 Å². The number of aliphatic hydroxyl groups is 1. The standard InChI is InChI=1S/C6H5F2NO.C6H3F2NO/c2*7-5-1-9-2-6(8)4(5)3-10/h1-2,10H,3H2;1-3H.